The Hall–Kier alpha value is -6.52. The van der Waals surface area contributed by atoms with E-state index in [0.29, 0.717) is 0 Å². The molecule has 4 nitrogen and oxygen atoms in total. The zero-order valence-electron chi connectivity index (χ0n) is 25.8. The van der Waals surface area contributed by atoms with Gasteiger partial charge in [-0.15, -0.1) is 0 Å². The number of hydrogen-bond donors (Lipinski definition) is 0. The van der Waals surface area contributed by atoms with Gasteiger partial charge in [0.1, 0.15) is 5.69 Å². The lowest BCUT2D eigenvalue weighted by Crippen LogP contribution is -2.03. The van der Waals surface area contributed by atoms with Crippen LogP contribution < -0.4 is 0 Å². The Labute approximate surface area is 275 Å². The molecular formula is C44H26N4. The average Bonchev–Trinajstić information content (AvgIpc) is 3.67. The van der Waals surface area contributed by atoms with Crippen LogP contribution in [0.15, 0.2) is 158 Å². The molecule has 4 heteroatoms. The minimum absolute atomic E-state index is 0.830. The van der Waals surface area contributed by atoms with E-state index in [4.69, 9.17) is 9.97 Å². The van der Waals surface area contributed by atoms with Gasteiger partial charge in [-0.2, -0.15) is 0 Å². The Bertz CT molecular complexity index is 3040. The SMILES string of the molecule is c1ccc(-c2nc3ccccc3nc2-n2c3cccc4c5ccccc5c5cccc6c5c5c(c43)c2ccc5n6-c2ccccc2)cc1. The summed E-state index contributed by atoms with van der Waals surface area (Å²) < 4.78 is 4.79. The van der Waals surface area contributed by atoms with Gasteiger partial charge in [0.25, 0.3) is 0 Å². The van der Waals surface area contributed by atoms with Crippen molar-refractivity contribution in [3.8, 4) is 22.8 Å². The van der Waals surface area contributed by atoms with E-state index in [1.165, 1.54) is 54.1 Å². The van der Waals surface area contributed by atoms with Crippen molar-refractivity contribution in [1.82, 2.24) is 19.1 Å². The van der Waals surface area contributed by atoms with E-state index in [1.54, 1.807) is 0 Å². The van der Waals surface area contributed by atoms with Crippen LogP contribution in [0.1, 0.15) is 0 Å². The first-order valence-corrected chi connectivity index (χ1v) is 16.4. The first-order valence-electron chi connectivity index (χ1n) is 16.4. The van der Waals surface area contributed by atoms with Gasteiger partial charge in [0.05, 0.1) is 33.1 Å². The van der Waals surface area contributed by atoms with Crippen LogP contribution in [0.3, 0.4) is 0 Å². The number of benzene rings is 7. The molecule has 11 aromatic rings. The van der Waals surface area contributed by atoms with Crippen molar-refractivity contribution >= 4 is 76.2 Å². The summed E-state index contributed by atoms with van der Waals surface area (Å²) in [5, 5.41) is 9.98. The molecule has 222 valence electrons. The van der Waals surface area contributed by atoms with Gasteiger partial charge in [-0.25, -0.2) is 9.97 Å². The fourth-order valence-corrected chi connectivity index (χ4v) is 8.12. The molecule has 3 heterocycles. The number of para-hydroxylation sites is 3. The van der Waals surface area contributed by atoms with Crippen LogP contribution in [0, 0.1) is 0 Å². The summed E-state index contributed by atoms with van der Waals surface area (Å²) in [4.78, 5) is 10.7. The van der Waals surface area contributed by atoms with Crippen molar-refractivity contribution in [1.29, 1.82) is 0 Å². The minimum Gasteiger partial charge on any atom is -0.309 e. The van der Waals surface area contributed by atoms with E-state index in [0.717, 1.165) is 44.8 Å². The lowest BCUT2D eigenvalue weighted by Gasteiger charge is -2.14. The molecule has 0 N–H and O–H groups in total. The van der Waals surface area contributed by atoms with Crippen molar-refractivity contribution in [2.24, 2.45) is 0 Å². The summed E-state index contributed by atoms with van der Waals surface area (Å²) in [6.45, 7) is 0. The third-order valence-electron chi connectivity index (χ3n) is 10.0. The van der Waals surface area contributed by atoms with Crippen LogP contribution in [0.5, 0.6) is 0 Å². The summed E-state index contributed by atoms with van der Waals surface area (Å²) in [6.07, 6.45) is 0. The molecule has 0 atom stereocenters. The highest BCUT2D eigenvalue weighted by molar-refractivity contribution is 6.39. The van der Waals surface area contributed by atoms with E-state index in [-0.39, 0.29) is 0 Å². The molecule has 48 heavy (non-hydrogen) atoms. The Morgan fingerprint density at radius 3 is 1.46 bits per heavy atom. The first kappa shape index (κ1) is 25.6. The molecule has 0 radical (unpaired) electrons. The predicted octanol–water partition coefficient (Wildman–Crippen LogP) is 11.2. The highest BCUT2D eigenvalue weighted by Crippen LogP contribution is 2.48. The van der Waals surface area contributed by atoms with E-state index in [1.807, 2.05) is 24.3 Å². The number of fused-ring (bicyclic) bond motifs is 4. The minimum atomic E-state index is 0.830. The van der Waals surface area contributed by atoms with Crippen molar-refractivity contribution in [3.05, 3.63) is 158 Å². The normalized spacial score (nSPS) is 12.2. The Morgan fingerprint density at radius 1 is 0.333 bits per heavy atom. The van der Waals surface area contributed by atoms with E-state index >= 15 is 0 Å². The topological polar surface area (TPSA) is 35.6 Å². The van der Waals surface area contributed by atoms with Crippen molar-refractivity contribution in [2.45, 2.75) is 0 Å². The molecule has 0 aliphatic carbocycles. The Morgan fingerprint density at radius 2 is 0.812 bits per heavy atom. The molecule has 11 rings (SSSR count). The quantitative estimate of drug-likeness (QED) is 0.199. The van der Waals surface area contributed by atoms with Crippen LogP contribution in [0.2, 0.25) is 0 Å². The van der Waals surface area contributed by atoms with Crippen LogP contribution in [0.25, 0.3) is 99.0 Å². The maximum absolute atomic E-state index is 5.40. The van der Waals surface area contributed by atoms with E-state index < -0.39 is 0 Å². The van der Waals surface area contributed by atoms with Gasteiger partial charge in [-0.1, -0.05) is 109 Å². The first-order chi connectivity index (χ1) is 23.8. The highest BCUT2D eigenvalue weighted by atomic mass is 15.1. The molecular weight excluding hydrogens is 585 g/mol. The second-order valence-electron chi connectivity index (χ2n) is 12.6. The lowest BCUT2D eigenvalue weighted by molar-refractivity contribution is 1.08. The fourth-order valence-electron chi connectivity index (χ4n) is 8.12. The molecule has 0 spiro atoms. The monoisotopic (exact) mass is 610 g/mol. The number of aromatic nitrogens is 4. The number of nitrogens with zero attached hydrogens (tertiary/aromatic N) is 4. The molecule has 0 unspecified atom stereocenters. The average molecular weight is 611 g/mol. The van der Waals surface area contributed by atoms with Crippen LogP contribution in [-0.2, 0) is 0 Å². The van der Waals surface area contributed by atoms with Crippen LogP contribution in [-0.4, -0.2) is 19.1 Å². The molecule has 0 saturated heterocycles. The second kappa shape index (κ2) is 9.50. The van der Waals surface area contributed by atoms with Crippen LogP contribution >= 0.6 is 0 Å². The predicted molar refractivity (Wildman–Crippen MR) is 200 cm³/mol. The standard InChI is InChI=1S/C44H26N4/c1-3-13-27(14-4-1)43-44(46-34-22-10-9-21-33(34)45-43)48-36-24-12-20-32-30-18-8-7-17-29(30)31-19-11-23-35-39(31)41-37(25-26-38(48)42(41)40(32)36)47(35)28-15-5-2-6-16-28/h1-26H. The van der Waals surface area contributed by atoms with E-state index in [2.05, 4.69) is 143 Å². The summed E-state index contributed by atoms with van der Waals surface area (Å²) in [7, 11) is 0. The highest BCUT2D eigenvalue weighted by Gasteiger charge is 2.26. The maximum atomic E-state index is 5.40. The summed E-state index contributed by atoms with van der Waals surface area (Å²) in [5.74, 6) is 0.830. The van der Waals surface area contributed by atoms with Gasteiger partial charge in [-0.05, 0) is 70.1 Å². The fraction of sp³-hybridized carbons (Fsp3) is 0. The second-order valence-corrected chi connectivity index (χ2v) is 12.6. The van der Waals surface area contributed by atoms with Gasteiger partial charge in [0.15, 0.2) is 5.82 Å². The molecule has 3 aromatic heterocycles. The number of rotatable bonds is 3. The summed E-state index contributed by atoms with van der Waals surface area (Å²) >= 11 is 0. The van der Waals surface area contributed by atoms with Crippen molar-refractivity contribution in [3.63, 3.8) is 0 Å². The molecule has 0 aliphatic heterocycles. The van der Waals surface area contributed by atoms with E-state index in [9.17, 15) is 0 Å². The molecule has 0 saturated carbocycles. The Kier molecular flexibility index (Phi) is 5.08. The maximum Gasteiger partial charge on any atom is 0.165 e. The zero-order valence-corrected chi connectivity index (χ0v) is 25.8. The van der Waals surface area contributed by atoms with Crippen molar-refractivity contribution in [2.75, 3.05) is 0 Å². The lowest BCUT2D eigenvalue weighted by atomic mass is 9.95. The van der Waals surface area contributed by atoms with Gasteiger partial charge in [0, 0.05) is 32.8 Å². The largest absolute Gasteiger partial charge is 0.309 e. The molecule has 0 amide bonds. The van der Waals surface area contributed by atoms with Gasteiger partial charge < -0.3 is 4.57 Å². The Balaban J connectivity index is 1.43. The number of hydrogen-bond acceptors (Lipinski definition) is 2. The smallest absolute Gasteiger partial charge is 0.165 e. The third kappa shape index (κ3) is 3.33. The van der Waals surface area contributed by atoms with Gasteiger partial charge in [-0.3, -0.25) is 4.57 Å². The molecule has 0 bridgehead atoms. The van der Waals surface area contributed by atoms with Gasteiger partial charge >= 0.3 is 0 Å². The van der Waals surface area contributed by atoms with Crippen molar-refractivity contribution < 1.29 is 0 Å². The summed E-state index contributed by atoms with van der Waals surface area (Å²) in [5.41, 5.74) is 9.43. The molecule has 0 aliphatic rings. The van der Waals surface area contributed by atoms with Crippen LogP contribution in [0.4, 0.5) is 0 Å². The third-order valence-corrected chi connectivity index (χ3v) is 10.0. The zero-order chi connectivity index (χ0) is 31.3. The molecule has 8 aromatic carbocycles. The molecule has 0 fully saturated rings. The summed E-state index contributed by atoms with van der Waals surface area (Å²) in [6, 6.07) is 56.3. The van der Waals surface area contributed by atoms with Gasteiger partial charge in [0.2, 0.25) is 0 Å².